The Bertz CT molecular complexity index is 1520. The van der Waals surface area contributed by atoms with Crippen LogP contribution in [-0.2, 0) is 0 Å². The van der Waals surface area contributed by atoms with Crippen LogP contribution in [0.15, 0.2) is 92.3 Å². The maximum atomic E-state index is 12.8. The second-order valence-corrected chi connectivity index (χ2v) is 7.91. The van der Waals surface area contributed by atoms with Crippen molar-refractivity contribution in [3.05, 3.63) is 88.8 Å². The molecule has 0 radical (unpaired) electrons. The molecule has 0 aliphatic carbocycles. The molecule has 0 N–H and O–H groups in total. The van der Waals surface area contributed by atoms with E-state index in [1.54, 1.807) is 4.68 Å². The summed E-state index contributed by atoms with van der Waals surface area (Å²) < 4.78 is 7.35. The third-order valence-corrected chi connectivity index (χ3v) is 6.09. The first-order valence-electron chi connectivity index (χ1n) is 9.45. The number of thioether (sulfide) groups is 1. The van der Waals surface area contributed by atoms with Gasteiger partial charge in [-0.3, -0.25) is 0 Å². The fourth-order valence-corrected chi connectivity index (χ4v) is 4.53. The third-order valence-electron chi connectivity index (χ3n) is 5.16. The quantitative estimate of drug-likeness (QED) is 0.315. The molecule has 0 fully saturated rings. The number of nitrogens with zero attached hydrogens (tertiary/aromatic N) is 4. The van der Waals surface area contributed by atoms with E-state index in [1.807, 2.05) is 72.8 Å². The Kier molecular flexibility index (Phi) is 3.82. The maximum Gasteiger partial charge on any atom is 0.345 e. The lowest BCUT2D eigenvalue weighted by Gasteiger charge is -2.14. The highest BCUT2D eigenvalue weighted by Crippen LogP contribution is 2.29. The number of rotatable bonds is 2. The highest BCUT2D eigenvalue weighted by molar-refractivity contribution is 7.99. The molecule has 0 saturated carbocycles. The molecule has 0 bridgehead atoms. The first kappa shape index (κ1) is 17.2. The van der Waals surface area contributed by atoms with Gasteiger partial charge in [0, 0.05) is 16.7 Å². The van der Waals surface area contributed by atoms with Crippen molar-refractivity contribution >= 4 is 39.2 Å². The first-order chi connectivity index (χ1) is 14.8. The number of fused-ring (bicyclic) bond motifs is 4. The summed E-state index contributed by atoms with van der Waals surface area (Å²) in [4.78, 5) is 12.8. The predicted octanol–water partition coefficient (Wildman–Crippen LogP) is 4.56. The van der Waals surface area contributed by atoms with Crippen molar-refractivity contribution in [3.8, 4) is 11.4 Å². The lowest BCUT2D eigenvalue weighted by atomic mass is 10.0. The van der Waals surface area contributed by atoms with Crippen LogP contribution in [0.2, 0.25) is 0 Å². The van der Waals surface area contributed by atoms with Gasteiger partial charge in [-0.1, -0.05) is 72.4 Å². The standard InChI is InChI=1S/C23H14N4O2S/c28-22-18(12-17-16-9-5-4-6-14(16)10-11-20(17)29-22)19-13-30-23-25-24-21(27(23)26-19)15-7-2-1-3-8-15/h1-12H,13H2. The van der Waals surface area contributed by atoms with E-state index in [1.165, 1.54) is 11.8 Å². The van der Waals surface area contributed by atoms with Crippen molar-refractivity contribution < 1.29 is 4.42 Å². The van der Waals surface area contributed by atoms with E-state index in [9.17, 15) is 4.79 Å². The van der Waals surface area contributed by atoms with E-state index in [4.69, 9.17) is 9.52 Å². The molecular weight excluding hydrogens is 396 g/mol. The van der Waals surface area contributed by atoms with Gasteiger partial charge in [0.15, 0.2) is 5.82 Å². The summed E-state index contributed by atoms with van der Waals surface area (Å²) in [6.07, 6.45) is 0. The SMILES string of the molecule is O=c1oc2ccc3ccccc3c2cc1C1=Nn2c(nnc2-c2ccccc2)SC1. The third kappa shape index (κ3) is 2.67. The summed E-state index contributed by atoms with van der Waals surface area (Å²) >= 11 is 1.50. The monoisotopic (exact) mass is 410 g/mol. The normalized spacial score (nSPS) is 13.4. The molecule has 6 nitrogen and oxygen atoms in total. The Balaban J connectivity index is 1.55. The van der Waals surface area contributed by atoms with Crippen molar-refractivity contribution in [2.75, 3.05) is 5.75 Å². The van der Waals surface area contributed by atoms with Crippen LogP contribution in [0.4, 0.5) is 0 Å². The molecule has 5 aromatic rings. The van der Waals surface area contributed by atoms with Gasteiger partial charge in [0.05, 0.1) is 11.3 Å². The van der Waals surface area contributed by atoms with Gasteiger partial charge in [-0.15, -0.1) is 10.2 Å². The smallest absolute Gasteiger partial charge is 0.345 e. The predicted molar refractivity (Wildman–Crippen MR) is 118 cm³/mol. The summed E-state index contributed by atoms with van der Waals surface area (Å²) in [7, 11) is 0. The van der Waals surface area contributed by atoms with Crippen molar-refractivity contribution in [1.82, 2.24) is 14.9 Å². The molecule has 0 amide bonds. The average Bonchev–Trinajstić information content (AvgIpc) is 3.22. The molecule has 0 unspecified atom stereocenters. The van der Waals surface area contributed by atoms with Crippen molar-refractivity contribution in [2.45, 2.75) is 5.16 Å². The van der Waals surface area contributed by atoms with Gasteiger partial charge < -0.3 is 4.42 Å². The van der Waals surface area contributed by atoms with Gasteiger partial charge in [0.1, 0.15) is 5.58 Å². The minimum atomic E-state index is -0.394. The van der Waals surface area contributed by atoms with E-state index >= 15 is 0 Å². The van der Waals surface area contributed by atoms with Gasteiger partial charge in [-0.05, 0) is 22.9 Å². The van der Waals surface area contributed by atoms with Crippen molar-refractivity contribution in [2.24, 2.45) is 5.10 Å². The van der Waals surface area contributed by atoms with Gasteiger partial charge in [-0.25, -0.2) is 4.79 Å². The van der Waals surface area contributed by atoms with E-state index in [0.29, 0.717) is 33.6 Å². The van der Waals surface area contributed by atoms with Crippen LogP contribution in [0.25, 0.3) is 33.1 Å². The molecule has 30 heavy (non-hydrogen) atoms. The summed E-state index contributed by atoms with van der Waals surface area (Å²) in [5.41, 5.74) is 2.20. The zero-order chi connectivity index (χ0) is 20.1. The summed E-state index contributed by atoms with van der Waals surface area (Å²) in [6, 6.07) is 23.5. The number of benzene rings is 3. The number of hydrogen-bond acceptors (Lipinski definition) is 6. The minimum absolute atomic E-state index is 0.394. The molecular formula is C23H14N4O2S. The number of hydrogen-bond donors (Lipinski definition) is 0. The molecule has 3 heterocycles. The Morgan fingerprint density at radius 3 is 2.63 bits per heavy atom. The average molecular weight is 410 g/mol. The molecule has 1 aliphatic heterocycles. The Morgan fingerprint density at radius 1 is 0.900 bits per heavy atom. The largest absolute Gasteiger partial charge is 0.422 e. The second-order valence-electron chi connectivity index (χ2n) is 6.97. The maximum absolute atomic E-state index is 12.8. The van der Waals surface area contributed by atoms with Gasteiger partial charge in [0.2, 0.25) is 5.16 Å². The van der Waals surface area contributed by atoms with Crippen molar-refractivity contribution in [3.63, 3.8) is 0 Å². The van der Waals surface area contributed by atoms with Crippen LogP contribution in [-0.4, -0.2) is 26.3 Å². The van der Waals surface area contributed by atoms with E-state index in [2.05, 4.69) is 10.2 Å². The van der Waals surface area contributed by atoms with Crippen LogP contribution in [0.1, 0.15) is 5.56 Å². The summed E-state index contributed by atoms with van der Waals surface area (Å²) in [5.74, 6) is 1.17. The van der Waals surface area contributed by atoms with Gasteiger partial charge in [0.25, 0.3) is 0 Å². The number of aromatic nitrogens is 3. The van der Waals surface area contributed by atoms with E-state index in [0.717, 1.165) is 21.7 Å². The molecule has 0 atom stereocenters. The lowest BCUT2D eigenvalue weighted by molar-refractivity contribution is 0.559. The van der Waals surface area contributed by atoms with Crippen LogP contribution in [0.5, 0.6) is 0 Å². The molecule has 0 spiro atoms. The summed E-state index contributed by atoms with van der Waals surface area (Å²) in [6.45, 7) is 0. The molecule has 6 rings (SSSR count). The van der Waals surface area contributed by atoms with Gasteiger partial charge in [-0.2, -0.15) is 9.78 Å². The second kappa shape index (κ2) is 6.67. The Hall–Kier alpha value is -3.71. The molecule has 3 aromatic carbocycles. The van der Waals surface area contributed by atoms with E-state index in [-0.39, 0.29) is 0 Å². The van der Waals surface area contributed by atoms with Crippen LogP contribution in [0, 0.1) is 0 Å². The van der Waals surface area contributed by atoms with Crippen LogP contribution >= 0.6 is 11.8 Å². The highest BCUT2D eigenvalue weighted by atomic mass is 32.2. The zero-order valence-corrected chi connectivity index (χ0v) is 16.5. The van der Waals surface area contributed by atoms with E-state index < -0.39 is 5.63 Å². The zero-order valence-electron chi connectivity index (χ0n) is 15.6. The molecule has 144 valence electrons. The molecule has 2 aromatic heterocycles. The summed E-state index contributed by atoms with van der Waals surface area (Å²) in [5, 5.41) is 17.0. The lowest BCUT2D eigenvalue weighted by Crippen LogP contribution is -2.21. The van der Waals surface area contributed by atoms with Crippen LogP contribution < -0.4 is 5.63 Å². The Morgan fingerprint density at radius 2 is 1.73 bits per heavy atom. The Labute approximate surface area is 174 Å². The molecule has 0 saturated heterocycles. The van der Waals surface area contributed by atoms with Gasteiger partial charge >= 0.3 is 5.63 Å². The van der Waals surface area contributed by atoms with Crippen LogP contribution in [0.3, 0.4) is 0 Å². The minimum Gasteiger partial charge on any atom is -0.422 e. The topological polar surface area (TPSA) is 73.3 Å². The molecule has 7 heteroatoms. The highest BCUT2D eigenvalue weighted by Gasteiger charge is 2.23. The molecule has 1 aliphatic rings. The fourth-order valence-electron chi connectivity index (χ4n) is 3.70. The first-order valence-corrected chi connectivity index (χ1v) is 10.4. The fraction of sp³-hybridized carbons (Fsp3) is 0.0435. The van der Waals surface area contributed by atoms with Crippen molar-refractivity contribution in [1.29, 1.82) is 0 Å².